The molecule has 0 fully saturated rings. The maximum atomic E-state index is 9.01. The molecule has 0 saturated carbocycles. The van der Waals surface area contributed by atoms with Gasteiger partial charge in [0.15, 0.2) is 0 Å². The molecule has 3 aromatic carbocycles. The Morgan fingerprint density at radius 2 is 0.667 bits per heavy atom. The van der Waals surface area contributed by atoms with Crippen LogP contribution in [0.2, 0.25) is 0 Å². The number of rotatable bonds is 28. The Bertz CT molecular complexity index is 1890. The Kier molecular flexibility index (Phi) is 21.1. The number of benzene rings is 3. The lowest BCUT2D eigenvalue weighted by Crippen LogP contribution is -2.14. The van der Waals surface area contributed by atoms with E-state index in [0.29, 0.717) is 117 Å². The maximum absolute atomic E-state index is 9.01. The largest absolute Gasteiger partial charge is 0.491 e. The van der Waals surface area contributed by atoms with Gasteiger partial charge in [-0.05, 0) is 72.8 Å². The maximum Gasteiger partial charge on any atom is 0.119 e. The van der Waals surface area contributed by atoms with Gasteiger partial charge >= 0.3 is 0 Å². The van der Waals surface area contributed by atoms with Gasteiger partial charge in [-0.25, -0.2) is 9.36 Å². The number of ether oxygens (including phenoxy) is 8. The molecule has 2 aromatic heterocycles. The fraction of sp³-hybridized carbons (Fsp3) is 0.409. The van der Waals surface area contributed by atoms with E-state index in [1.165, 1.54) is 0 Å². The summed E-state index contributed by atoms with van der Waals surface area (Å²) in [6.07, 6.45) is 3.38. The third kappa shape index (κ3) is 18.5. The molecule has 5 aromatic rings. The second kappa shape index (κ2) is 27.9. The summed E-state index contributed by atoms with van der Waals surface area (Å²) in [6.45, 7) is 7.40. The van der Waals surface area contributed by atoms with Gasteiger partial charge in [0.25, 0.3) is 0 Å². The normalized spacial score (nSPS) is 10.8. The van der Waals surface area contributed by atoms with Crippen LogP contribution in [-0.2, 0) is 54.7 Å². The molecule has 0 bridgehead atoms. The molecular formula is C44H52N6O10. The molecule has 0 amide bonds. The highest BCUT2D eigenvalue weighted by Gasteiger charge is 2.02. The molecule has 318 valence electrons. The van der Waals surface area contributed by atoms with Crippen LogP contribution in [0.15, 0.2) is 85.2 Å². The van der Waals surface area contributed by atoms with E-state index in [4.69, 9.17) is 48.1 Å². The molecule has 0 spiro atoms. The first-order valence-corrected chi connectivity index (χ1v) is 19.7. The van der Waals surface area contributed by atoms with E-state index in [1.807, 2.05) is 72.8 Å². The first-order chi connectivity index (χ1) is 29.7. The van der Waals surface area contributed by atoms with Gasteiger partial charge in [0, 0.05) is 22.3 Å². The van der Waals surface area contributed by atoms with Crippen molar-refractivity contribution in [2.24, 2.45) is 0 Å². The van der Waals surface area contributed by atoms with E-state index in [1.54, 1.807) is 21.8 Å². The standard InChI is InChI=1S/C44H52N6O10/c51-35-41-33-49(47-45-41)17-19-53-21-23-55-25-27-57-29-31-59-43-13-9-39(10-14-43)7-5-37-1-2-38(4-3-37)6-8-40-11-15-44(16-12-40)60-32-30-58-28-26-56-24-22-54-20-18-50-34-42(36-52)46-48-50/h1-4,9-16,33-34,51-52H,17-32,35-36H2. The molecule has 16 nitrogen and oxygen atoms in total. The zero-order valence-corrected chi connectivity index (χ0v) is 33.7. The van der Waals surface area contributed by atoms with Crippen molar-refractivity contribution in [3.8, 4) is 35.2 Å². The molecule has 60 heavy (non-hydrogen) atoms. The van der Waals surface area contributed by atoms with Crippen LogP contribution < -0.4 is 9.47 Å². The number of aliphatic hydroxyl groups is 2. The van der Waals surface area contributed by atoms with Crippen molar-refractivity contribution in [3.63, 3.8) is 0 Å². The molecule has 0 radical (unpaired) electrons. The smallest absolute Gasteiger partial charge is 0.119 e. The number of aromatic nitrogens is 6. The van der Waals surface area contributed by atoms with Gasteiger partial charge in [0.1, 0.15) is 36.1 Å². The average Bonchev–Trinajstić information content (AvgIpc) is 3.96. The van der Waals surface area contributed by atoms with E-state index >= 15 is 0 Å². The summed E-state index contributed by atoms with van der Waals surface area (Å²) in [5.74, 6) is 14.3. The van der Waals surface area contributed by atoms with Gasteiger partial charge < -0.3 is 48.1 Å². The lowest BCUT2D eigenvalue weighted by atomic mass is 10.1. The van der Waals surface area contributed by atoms with Gasteiger partial charge in [-0.2, -0.15) is 0 Å². The van der Waals surface area contributed by atoms with Gasteiger partial charge in [-0.3, -0.25) is 0 Å². The summed E-state index contributed by atoms with van der Waals surface area (Å²) in [4.78, 5) is 0. The minimum absolute atomic E-state index is 0.124. The molecule has 0 saturated heterocycles. The summed E-state index contributed by atoms with van der Waals surface area (Å²) < 4.78 is 48.0. The molecule has 2 N–H and O–H groups in total. The topological polar surface area (TPSA) is 176 Å². The Morgan fingerprint density at radius 1 is 0.383 bits per heavy atom. The Labute approximate surface area is 350 Å². The highest BCUT2D eigenvalue weighted by molar-refractivity contribution is 5.48. The number of aliphatic hydroxyl groups excluding tert-OH is 2. The summed E-state index contributed by atoms with van der Waals surface area (Å²) in [6, 6.07) is 23.2. The Morgan fingerprint density at radius 3 is 0.967 bits per heavy atom. The van der Waals surface area contributed by atoms with Crippen molar-refractivity contribution in [2.75, 3.05) is 92.5 Å². The second-order valence-electron chi connectivity index (χ2n) is 12.8. The highest BCUT2D eigenvalue weighted by Crippen LogP contribution is 2.13. The van der Waals surface area contributed by atoms with Crippen LogP contribution in [0.3, 0.4) is 0 Å². The van der Waals surface area contributed by atoms with Crippen LogP contribution in [0.4, 0.5) is 0 Å². The highest BCUT2D eigenvalue weighted by atomic mass is 16.6. The number of hydrogen-bond acceptors (Lipinski definition) is 14. The SMILES string of the molecule is OCc1cn(CCOCCOCCOCCOc2ccc(C#Cc3ccc(C#Cc4ccc(OCCOCCOCCOCCn5cc(CO)nn5)cc4)cc3)cc2)nn1. The van der Waals surface area contributed by atoms with Crippen LogP contribution in [0, 0.1) is 23.7 Å². The average molecular weight is 825 g/mol. The summed E-state index contributed by atoms with van der Waals surface area (Å²) in [5, 5.41) is 33.4. The fourth-order valence-electron chi connectivity index (χ4n) is 5.07. The lowest BCUT2D eigenvalue weighted by Gasteiger charge is -2.08. The van der Waals surface area contributed by atoms with Gasteiger partial charge in [0.05, 0.1) is 118 Å². The van der Waals surface area contributed by atoms with Crippen molar-refractivity contribution in [2.45, 2.75) is 26.3 Å². The zero-order chi connectivity index (χ0) is 41.7. The van der Waals surface area contributed by atoms with E-state index in [2.05, 4.69) is 44.3 Å². The molecule has 16 heteroatoms. The molecule has 2 heterocycles. The van der Waals surface area contributed by atoms with E-state index in [-0.39, 0.29) is 13.2 Å². The predicted octanol–water partition coefficient (Wildman–Crippen LogP) is 2.91. The lowest BCUT2D eigenvalue weighted by molar-refractivity contribution is 0.00781. The summed E-state index contributed by atoms with van der Waals surface area (Å²) >= 11 is 0. The van der Waals surface area contributed by atoms with Crippen molar-refractivity contribution >= 4 is 0 Å². The molecule has 0 atom stereocenters. The fourth-order valence-corrected chi connectivity index (χ4v) is 5.07. The predicted molar refractivity (Wildman–Crippen MR) is 219 cm³/mol. The van der Waals surface area contributed by atoms with Crippen LogP contribution in [0.5, 0.6) is 11.5 Å². The van der Waals surface area contributed by atoms with Gasteiger partial charge in [0.2, 0.25) is 0 Å². The summed E-state index contributed by atoms with van der Waals surface area (Å²) in [5.41, 5.74) is 4.64. The van der Waals surface area contributed by atoms with E-state index in [0.717, 1.165) is 33.8 Å². The molecule has 0 aliphatic carbocycles. The van der Waals surface area contributed by atoms with Crippen LogP contribution >= 0.6 is 0 Å². The van der Waals surface area contributed by atoms with Crippen molar-refractivity contribution < 1.29 is 48.1 Å². The molecule has 0 aliphatic heterocycles. The molecular weight excluding hydrogens is 773 g/mol. The van der Waals surface area contributed by atoms with Crippen molar-refractivity contribution in [1.82, 2.24) is 30.0 Å². The van der Waals surface area contributed by atoms with E-state index < -0.39 is 0 Å². The van der Waals surface area contributed by atoms with E-state index in [9.17, 15) is 0 Å². The zero-order valence-electron chi connectivity index (χ0n) is 33.7. The van der Waals surface area contributed by atoms with Crippen molar-refractivity contribution in [3.05, 3.63) is 119 Å². The van der Waals surface area contributed by atoms with Crippen molar-refractivity contribution in [1.29, 1.82) is 0 Å². The minimum atomic E-state index is -0.124. The number of hydrogen-bond donors (Lipinski definition) is 2. The van der Waals surface area contributed by atoms with Gasteiger partial charge in [-0.1, -0.05) is 34.1 Å². The molecule has 0 unspecified atom stereocenters. The first-order valence-electron chi connectivity index (χ1n) is 19.7. The van der Waals surface area contributed by atoms with Crippen LogP contribution in [-0.4, -0.2) is 133 Å². The third-order valence-corrected chi connectivity index (χ3v) is 8.20. The van der Waals surface area contributed by atoms with Crippen LogP contribution in [0.1, 0.15) is 33.6 Å². The minimum Gasteiger partial charge on any atom is -0.491 e. The first kappa shape index (κ1) is 45.4. The monoisotopic (exact) mass is 824 g/mol. The molecule has 5 rings (SSSR count). The Hall–Kier alpha value is -5.66. The Balaban J connectivity index is 0.848. The number of nitrogens with zero attached hydrogens (tertiary/aromatic N) is 6. The summed E-state index contributed by atoms with van der Waals surface area (Å²) in [7, 11) is 0. The molecule has 0 aliphatic rings. The van der Waals surface area contributed by atoms with Gasteiger partial charge in [-0.15, -0.1) is 10.2 Å². The quantitative estimate of drug-likeness (QED) is 0.0557. The second-order valence-corrected chi connectivity index (χ2v) is 12.8. The third-order valence-electron chi connectivity index (χ3n) is 8.20. The van der Waals surface area contributed by atoms with Crippen LogP contribution in [0.25, 0.3) is 0 Å².